The van der Waals surface area contributed by atoms with Crippen molar-refractivity contribution in [3.63, 3.8) is 0 Å². The van der Waals surface area contributed by atoms with E-state index in [1.165, 1.54) is 11.3 Å². The lowest BCUT2D eigenvalue weighted by Gasteiger charge is -2.44. The number of aryl methyl sites for hydroxylation is 2. The van der Waals surface area contributed by atoms with Crippen molar-refractivity contribution in [2.24, 2.45) is 0 Å². The summed E-state index contributed by atoms with van der Waals surface area (Å²) in [5.74, 6) is 0.961. The van der Waals surface area contributed by atoms with Gasteiger partial charge in [-0.25, -0.2) is 0 Å². The molecule has 5 heteroatoms. The average Bonchev–Trinajstić information content (AvgIpc) is 3.08. The Morgan fingerprint density at radius 1 is 1.24 bits per heavy atom. The van der Waals surface area contributed by atoms with Crippen LogP contribution >= 0.6 is 11.3 Å². The van der Waals surface area contributed by atoms with E-state index in [1.807, 2.05) is 48.4 Å². The van der Waals surface area contributed by atoms with Gasteiger partial charge in [-0.3, -0.25) is 9.59 Å². The molecular weight excluding hydrogens is 334 g/mol. The van der Waals surface area contributed by atoms with Gasteiger partial charge in [0, 0.05) is 25.9 Å². The number of hydrogen-bond acceptors (Lipinski definition) is 4. The fourth-order valence-corrected chi connectivity index (χ4v) is 4.66. The number of ketones is 1. The largest absolute Gasteiger partial charge is 0.486 e. The van der Waals surface area contributed by atoms with Crippen molar-refractivity contribution < 1.29 is 14.3 Å². The van der Waals surface area contributed by atoms with Crippen LogP contribution in [-0.2, 0) is 0 Å². The minimum absolute atomic E-state index is 0.0825. The van der Waals surface area contributed by atoms with E-state index in [1.54, 1.807) is 0 Å². The van der Waals surface area contributed by atoms with Crippen molar-refractivity contribution >= 4 is 23.0 Å². The lowest BCUT2D eigenvalue weighted by molar-refractivity contribution is -0.00568. The van der Waals surface area contributed by atoms with Gasteiger partial charge in [-0.15, -0.1) is 11.3 Å². The molecule has 0 aliphatic carbocycles. The molecule has 25 heavy (non-hydrogen) atoms. The van der Waals surface area contributed by atoms with E-state index in [4.69, 9.17) is 4.74 Å². The van der Waals surface area contributed by atoms with Crippen LogP contribution in [-0.4, -0.2) is 35.3 Å². The SMILES string of the molecule is Cc1cc(C)c2c(c1)OC1(CCN(C(=O)c3cccs3)CC1)CC2=O. The Balaban J connectivity index is 1.53. The Bertz CT molecular complexity index is 833. The van der Waals surface area contributed by atoms with Gasteiger partial charge >= 0.3 is 0 Å². The predicted molar refractivity (Wildman–Crippen MR) is 97.7 cm³/mol. The van der Waals surface area contributed by atoms with Crippen LogP contribution in [0, 0.1) is 13.8 Å². The second-order valence-electron chi connectivity index (χ2n) is 7.11. The van der Waals surface area contributed by atoms with Gasteiger partial charge in [-0.05, 0) is 42.5 Å². The van der Waals surface area contributed by atoms with E-state index in [-0.39, 0.29) is 11.7 Å². The van der Waals surface area contributed by atoms with Crippen LogP contribution in [0.5, 0.6) is 5.75 Å². The Morgan fingerprint density at radius 2 is 2.00 bits per heavy atom. The molecule has 0 unspecified atom stereocenters. The van der Waals surface area contributed by atoms with Gasteiger partial charge in [-0.2, -0.15) is 0 Å². The van der Waals surface area contributed by atoms with Crippen LogP contribution in [0.4, 0.5) is 0 Å². The van der Waals surface area contributed by atoms with Crippen molar-refractivity contribution in [2.75, 3.05) is 13.1 Å². The van der Waals surface area contributed by atoms with Crippen LogP contribution in [0.15, 0.2) is 29.6 Å². The lowest BCUT2D eigenvalue weighted by Crippen LogP contribution is -2.52. The molecule has 2 aromatic rings. The predicted octanol–water partition coefficient (Wildman–Crippen LogP) is 4.01. The molecule has 1 spiro atoms. The van der Waals surface area contributed by atoms with Gasteiger partial charge in [-0.1, -0.05) is 12.1 Å². The number of thiophene rings is 1. The zero-order chi connectivity index (χ0) is 17.6. The minimum atomic E-state index is -0.462. The first-order chi connectivity index (χ1) is 12.0. The summed E-state index contributed by atoms with van der Waals surface area (Å²) < 4.78 is 6.36. The quantitative estimate of drug-likeness (QED) is 0.777. The van der Waals surface area contributed by atoms with Crippen molar-refractivity contribution in [1.82, 2.24) is 4.90 Å². The maximum absolute atomic E-state index is 12.7. The topological polar surface area (TPSA) is 46.6 Å². The van der Waals surface area contributed by atoms with Crippen LogP contribution in [0.2, 0.25) is 0 Å². The fourth-order valence-electron chi connectivity index (χ4n) is 3.97. The number of carbonyl (C=O) groups is 2. The molecule has 1 fully saturated rings. The Kier molecular flexibility index (Phi) is 3.91. The summed E-state index contributed by atoms with van der Waals surface area (Å²) in [7, 11) is 0. The summed E-state index contributed by atoms with van der Waals surface area (Å²) in [5.41, 5.74) is 2.36. The van der Waals surface area contributed by atoms with Crippen molar-refractivity contribution in [2.45, 2.75) is 38.7 Å². The normalized spacial score (nSPS) is 18.8. The van der Waals surface area contributed by atoms with Crippen molar-refractivity contribution in [3.8, 4) is 5.75 Å². The number of hydrogen-bond donors (Lipinski definition) is 0. The zero-order valence-corrected chi connectivity index (χ0v) is 15.3. The number of benzene rings is 1. The molecule has 130 valence electrons. The van der Waals surface area contributed by atoms with Gasteiger partial charge in [0.25, 0.3) is 5.91 Å². The summed E-state index contributed by atoms with van der Waals surface area (Å²) in [6.07, 6.45) is 1.80. The number of carbonyl (C=O) groups excluding carboxylic acids is 2. The van der Waals surface area contributed by atoms with Gasteiger partial charge in [0.05, 0.1) is 16.9 Å². The molecule has 1 amide bonds. The third-order valence-corrected chi connectivity index (χ3v) is 6.08. The third kappa shape index (κ3) is 2.86. The van der Waals surface area contributed by atoms with E-state index in [0.717, 1.165) is 21.6 Å². The van der Waals surface area contributed by atoms with Crippen molar-refractivity contribution in [1.29, 1.82) is 0 Å². The summed E-state index contributed by atoms with van der Waals surface area (Å²) in [4.78, 5) is 27.9. The molecule has 2 aliphatic heterocycles. The van der Waals surface area contributed by atoms with Crippen LogP contribution < -0.4 is 4.74 Å². The monoisotopic (exact) mass is 355 g/mol. The van der Waals surface area contributed by atoms with Crippen LogP contribution in [0.1, 0.15) is 50.4 Å². The molecule has 0 saturated carbocycles. The summed E-state index contributed by atoms with van der Waals surface area (Å²) in [5, 5.41) is 1.92. The maximum Gasteiger partial charge on any atom is 0.263 e. The molecule has 2 aliphatic rings. The van der Waals surface area contributed by atoms with E-state index >= 15 is 0 Å². The molecule has 4 rings (SSSR count). The molecule has 0 atom stereocenters. The van der Waals surface area contributed by atoms with E-state index in [0.29, 0.717) is 38.1 Å². The number of piperidine rings is 1. The number of rotatable bonds is 1. The molecule has 1 aromatic heterocycles. The second kappa shape index (κ2) is 5.99. The molecule has 0 bridgehead atoms. The minimum Gasteiger partial charge on any atom is -0.486 e. The van der Waals surface area contributed by atoms with Gasteiger partial charge in [0.2, 0.25) is 0 Å². The number of Topliss-reactive ketones (excluding diaryl/α,β-unsaturated/α-hetero) is 1. The average molecular weight is 355 g/mol. The summed E-state index contributed by atoms with van der Waals surface area (Å²) in [6.45, 7) is 5.24. The number of nitrogens with zero attached hydrogens (tertiary/aromatic N) is 1. The molecule has 1 saturated heterocycles. The Hall–Kier alpha value is -2.14. The number of amides is 1. The van der Waals surface area contributed by atoms with E-state index in [9.17, 15) is 9.59 Å². The first kappa shape index (κ1) is 16.3. The van der Waals surface area contributed by atoms with Gasteiger partial charge in [0.1, 0.15) is 11.4 Å². The highest BCUT2D eigenvalue weighted by Crippen LogP contribution is 2.41. The first-order valence-electron chi connectivity index (χ1n) is 8.64. The number of likely N-dealkylation sites (tertiary alicyclic amines) is 1. The third-order valence-electron chi connectivity index (χ3n) is 5.23. The van der Waals surface area contributed by atoms with E-state index in [2.05, 4.69) is 0 Å². The molecule has 0 N–H and O–H groups in total. The fraction of sp³-hybridized carbons (Fsp3) is 0.400. The van der Waals surface area contributed by atoms with Crippen LogP contribution in [0.25, 0.3) is 0 Å². The first-order valence-corrected chi connectivity index (χ1v) is 9.52. The Morgan fingerprint density at radius 3 is 2.68 bits per heavy atom. The van der Waals surface area contributed by atoms with Crippen LogP contribution in [0.3, 0.4) is 0 Å². The molecular formula is C20H21NO3S. The highest BCUT2D eigenvalue weighted by atomic mass is 32.1. The molecule has 0 radical (unpaired) electrons. The molecule has 1 aromatic carbocycles. The smallest absolute Gasteiger partial charge is 0.263 e. The summed E-state index contributed by atoms with van der Waals surface area (Å²) in [6, 6.07) is 7.75. The number of fused-ring (bicyclic) bond motifs is 1. The highest BCUT2D eigenvalue weighted by molar-refractivity contribution is 7.12. The molecule has 4 nitrogen and oxygen atoms in total. The number of ether oxygens (including phenoxy) is 1. The lowest BCUT2D eigenvalue weighted by atomic mass is 9.81. The van der Waals surface area contributed by atoms with Gasteiger partial charge < -0.3 is 9.64 Å². The zero-order valence-electron chi connectivity index (χ0n) is 14.5. The Labute approximate surface area is 151 Å². The second-order valence-corrected chi connectivity index (χ2v) is 8.06. The maximum atomic E-state index is 12.7. The highest BCUT2D eigenvalue weighted by Gasteiger charge is 2.44. The van der Waals surface area contributed by atoms with E-state index < -0.39 is 5.60 Å². The molecule has 3 heterocycles. The van der Waals surface area contributed by atoms with Gasteiger partial charge in [0.15, 0.2) is 5.78 Å². The standard InChI is InChI=1S/C20H21NO3S/c1-13-10-14(2)18-15(22)12-20(24-16(18)11-13)5-7-21(8-6-20)19(23)17-4-3-9-25-17/h3-4,9-11H,5-8,12H2,1-2H3. The summed E-state index contributed by atoms with van der Waals surface area (Å²) >= 11 is 1.47. The van der Waals surface area contributed by atoms with Crippen molar-refractivity contribution in [3.05, 3.63) is 51.2 Å².